The van der Waals surface area contributed by atoms with Gasteiger partial charge in [-0.1, -0.05) is 12.1 Å². The van der Waals surface area contributed by atoms with Crippen LogP contribution in [0.2, 0.25) is 0 Å². The van der Waals surface area contributed by atoms with Gasteiger partial charge in [0.05, 0.1) is 30.5 Å². The van der Waals surface area contributed by atoms with Crippen LogP contribution in [-0.4, -0.2) is 39.7 Å². The highest BCUT2D eigenvalue weighted by Crippen LogP contribution is 2.11. The van der Waals surface area contributed by atoms with Crippen LogP contribution < -0.4 is 10.8 Å². The molecule has 0 saturated carbocycles. The molecule has 0 spiro atoms. The summed E-state index contributed by atoms with van der Waals surface area (Å²) in [5, 5.41) is 16.3. The van der Waals surface area contributed by atoms with Gasteiger partial charge in [-0.25, -0.2) is 9.78 Å². The third-order valence-electron chi connectivity index (χ3n) is 2.22. The van der Waals surface area contributed by atoms with Gasteiger partial charge in [0.1, 0.15) is 6.73 Å². The minimum Gasteiger partial charge on any atom is -0.539 e. The Kier molecular flexibility index (Phi) is 6.14. The van der Waals surface area contributed by atoms with Crippen LogP contribution in [0.15, 0.2) is 30.6 Å². The van der Waals surface area contributed by atoms with E-state index < -0.39 is 11.9 Å². The lowest BCUT2D eigenvalue weighted by molar-refractivity contribution is -0.375. The van der Waals surface area contributed by atoms with Gasteiger partial charge in [0.15, 0.2) is 5.97 Å². The van der Waals surface area contributed by atoms with E-state index in [0.29, 0.717) is 13.3 Å². The van der Waals surface area contributed by atoms with Crippen molar-refractivity contribution in [2.75, 3.05) is 13.2 Å². The number of fused-ring (bicyclic) bond motifs is 1. The topological polar surface area (TPSA) is 132 Å². The maximum absolute atomic E-state index is 9.04. The van der Waals surface area contributed by atoms with E-state index in [0.717, 1.165) is 17.6 Å². The number of carboxylic acids is 2. The van der Waals surface area contributed by atoms with Gasteiger partial charge in [0.25, 0.3) is 0 Å². The van der Waals surface area contributed by atoms with Crippen LogP contribution >= 0.6 is 0 Å². The van der Waals surface area contributed by atoms with E-state index in [1.165, 1.54) is 0 Å². The van der Waals surface area contributed by atoms with E-state index in [9.17, 15) is 0 Å². The highest BCUT2D eigenvalue weighted by molar-refractivity contribution is 6.26. The van der Waals surface area contributed by atoms with Gasteiger partial charge in [0.2, 0.25) is 0 Å². The average Bonchev–Trinajstić information content (AvgIpc) is 2.83. The SMILES string of the molecule is O=C([O-])C(=O)O.[NH3+]CCOCn1cnc2ccccc21. The molecule has 0 unspecified atom stereocenters. The van der Waals surface area contributed by atoms with Crippen LogP contribution in [0.1, 0.15) is 0 Å². The van der Waals surface area contributed by atoms with Crippen LogP contribution in [0, 0.1) is 0 Å². The summed E-state index contributed by atoms with van der Waals surface area (Å²) in [7, 11) is 0. The number of carbonyl (C=O) groups is 2. The first kappa shape index (κ1) is 15.6. The molecule has 0 aliphatic carbocycles. The van der Waals surface area contributed by atoms with Crippen molar-refractivity contribution < 1.29 is 30.3 Å². The number of hydrogen-bond acceptors (Lipinski definition) is 5. The van der Waals surface area contributed by atoms with Gasteiger partial charge in [-0.3, -0.25) is 0 Å². The summed E-state index contributed by atoms with van der Waals surface area (Å²) in [6.45, 7) is 2.04. The molecule has 0 fully saturated rings. The van der Waals surface area contributed by atoms with Gasteiger partial charge in [-0.2, -0.15) is 0 Å². The number of ether oxygens (including phenoxy) is 1. The molecular weight excluding hydrogens is 266 g/mol. The fraction of sp³-hybridized carbons (Fsp3) is 0.250. The second kappa shape index (κ2) is 7.87. The number of aromatic nitrogens is 2. The normalized spacial score (nSPS) is 9.85. The molecule has 0 aliphatic heterocycles. The Bertz CT molecular complexity index is 569. The predicted molar refractivity (Wildman–Crippen MR) is 66.1 cm³/mol. The van der Waals surface area contributed by atoms with Crippen molar-refractivity contribution in [3.63, 3.8) is 0 Å². The zero-order valence-corrected chi connectivity index (χ0v) is 10.7. The molecule has 20 heavy (non-hydrogen) atoms. The summed E-state index contributed by atoms with van der Waals surface area (Å²) in [6, 6.07) is 8.02. The molecule has 0 atom stereocenters. The van der Waals surface area contributed by atoms with E-state index in [1.807, 2.05) is 28.8 Å². The first-order valence-corrected chi connectivity index (χ1v) is 5.77. The number of aliphatic carboxylic acids is 2. The maximum atomic E-state index is 9.04. The van der Waals surface area contributed by atoms with E-state index in [2.05, 4.69) is 10.7 Å². The fourth-order valence-electron chi connectivity index (χ4n) is 1.38. The molecule has 1 heterocycles. The molecule has 2 rings (SSSR count). The molecule has 0 amide bonds. The Morgan fingerprint density at radius 2 is 2.05 bits per heavy atom. The van der Waals surface area contributed by atoms with Gasteiger partial charge in [-0.15, -0.1) is 0 Å². The van der Waals surface area contributed by atoms with E-state index >= 15 is 0 Å². The van der Waals surface area contributed by atoms with Crippen LogP contribution in [0.5, 0.6) is 0 Å². The Balaban J connectivity index is 0.000000286. The zero-order valence-electron chi connectivity index (χ0n) is 10.7. The van der Waals surface area contributed by atoms with E-state index in [-0.39, 0.29) is 0 Å². The van der Waals surface area contributed by atoms with Crippen molar-refractivity contribution in [3.8, 4) is 0 Å². The summed E-state index contributed by atoms with van der Waals surface area (Å²) in [5.74, 6) is -4.01. The number of hydrogen-bond donors (Lipinski definition) is 2. The number of quaternary nitrogens is 1. The van der Waals surface area contributed by atoms with Crippen molar-refractivity contribution in [2.24, 2.45) is 0 Å². The van der Waals surface area contributed by atoms with Gasteiger partial charge >= 0.3 is 5.97 Å². The third kappa shape index (κ3) is 4.67. The van der Waals surface area contributed by atoms with Crippen LogP contribution in [0.3, 0.4) is 0 Å². The number of nitrogens with zero attached hydrogens (tertiary/aromatic N) is 2. The molecule has 0 bridgehead atoms. The number of carboxylic acid groups (broad SMARTS) is 2. The minimum atomic E-state index is -2.07. The quantitative estimate of drug-likeness (QED) is 0.495. The molecule has 8 nitrogen and oxygen atoms in total. The zero-order chi connectivity index (χ0) is 15.0. The lowest BCUT2D eigenvalue weighted by Crippen LogP contribution is -2.52. The lowest BCUT2D eigenvalue weighted by atomic mass is 10.3. The molecule has 1 aromatic heterocycles. The van der Waals surface area contributed by atoms with Gasteiger partial charge < -0.3 is 30.0 Å². The van der Waals surface area contributed by atoms with Crippen molar-refractivity contribution in [1.29, 1.82) is 0 Å². The van der Waals surface area contributed by atoms with Crippen molar-refractivity contribution in [3.05, 3.63) is 30.6 Å². The maximum Gasteiger partial charge on any atom is 0.351 e. The predicted octanol–water partition coefficient (Wildman–Crippen LogP) is -1.93. The average molecular weight is 281 g/mol. The standard InChI is InChI=1S/C10H13N3O.C2H2O4/c11-5-6-14-8-13-7-12-9-3-1-2-4-10(9)13;3-1(4)2(5)6/h1-4,7H,5-6,8,11H2;(H,3,4)(H,5,6). The molecule has 0 radical (unpaired) electrons. The monoisotopic (exact) mass is 281 g/mol. The second-order valence-electron chi connectivity index (χ2n) is 3.69. The second-order valence-corrected chi connectivity index (χ2v) is 3.69. The van der Waals surface area contributed by atoms with Gasteiger partial charge in [-0.05, 0) is 12.1 Å². The molecule has 2 aromatic rings. The third-order valence-corrected chi connectivity index (χ3v) is 2.22. The van der Waals surface area contributed by atoms with Crippen LogP contribution in [0.4, 0.5) is 0 Å². The first-order chi connectivity index (χ1) is 9.56. The van der Waals surface area contributed by atoms with Crippen molar-refractivity contribution in [1.82, 2.24) is 9.55 Å². The number of benzene rings is 1. The smallest absolute Gasteiger partial charge is 0.351 e. The number of imidazole rings is 1. The Labute approximate surface area is 114 Å². The van der Waals surface area contributed by atoms with E-state index in [1.54, 1.807) is 6.33 Å². The molecule has 108 valence electrons. The van der Waals surface area contributed by atoms with Crippen molar-refractivity contribution in [2.45, 2.75) is 6.73 Å². The summed E-state index contributed by atoms with van der Waals surface area (Å²) in [6.07, 6.45) is 1.80. The summed E-state index contributed by atoms with van der Waals surface area (Å²) < 4.78 is 7.39. The first-order valence-electron chi connectivity index (χ1n) is 5.77. The van der Waals surface area contributed by atoms with Crippen molar-refractivity contribution >= 4 is 23.0 Å². The highest BCUT2D eigenvalue weighted by atomic mass is 16.5. The van der Waals surface area contributed by atoms with Gasteiger partial charge in [0, 0.05) is 0 Å². The fourth-order valence-corrected chi connectivity index (χ4v) is 1.38. The molecule has 1 aromatic carbocycles. The molecule has 0 aliphatic rings. The van der Waals surface area contributed by atoms with Crippen LogP contribution in [-0.2, 0) is 21.1 Å². The molecule has 8 heteroatoms. The Morgan fingerprint density at radius 3 is 2.65 bits per heavy atom. The minimum absolute atomic E-state index is 0.552. The Morgan fingerprint density at radius 1 is 1.40 bits per heavy atom. The van der Waals surface area contributed by atoms with E-state index in [4.69, 9.17) is 24.5 Å². The highest BCUT2D eigenvalue weighted by Gasteiger charge is 1.99. The number of para-hydroxylation sites is 2. The largest absolute Gasteiger partial charge is 0.539 e. The van der Waals surface area contributed by atoms with Crippen LogP contribution in [0.25, 0.3) is 11.0 Å². The molecule has 4 N–H and O–H groups in total. The summed E-state index contributed by atoms with van der Waals surface area (Å²) in [4.78, 5) is 22.3. The Hall–Kier alpha value is -2.45. The summed E-state index contributed by atoms with van der Waals surface area (Å²) in [5.41, 5.74) is 5.83. The molecular formula is C12H15N3O5. The number of carbonyl (C=O) groups excluding carboxylic acids is 1. The lowest BCUT2D eigenvalue weighted by Gasteiger charge is -2.03. The number of rotatable bonds is 4. The molecule has 0 saturated heterocycles. The summed E-state index contributed by atoms with van der Waals surface area (Å²) >= 11 is 0.